The van der Waals surface area contributed by atoms with E-state index < -0.39 is 37.3 Å². The summed E-state index contributed by atoms with van der Waals surface area (Å²) in [6.45, 7) is 0.223. The molecule has 8 heteroatoms. The highest BCUT2D eigenvalue weighted by Gasteiger charge is 2.45. The van der Waals surface area contributed by atoms with Gasteiger partial charge in [0.1, 0.15) is 30.2 Å². The van der Waals surface area contributed by atoms with Crippen LogP contribution in [0.2, 0.25) is 0 Å². The predicted octanol–water partition coefficient (Wildman–Crippen LogP) is 0.766. The highest BCUT2D eigenvalue weighted by molar-refractivity contribution is 6.18. The number of fused-ring (bicyclic) bond motifs is 3. The molecule has 0 bridgehead atoms. The second-order valence-corrected chi connectivity index (χ2v) is 7.24. The number of benzene rings is 2. The van der Waals surface area contributed by atoms with Crippen molar-refractivity contribution in [3.63, 3.8) is 0 Å². The second-order valence-electron chi connectivity index (χ2n) is 6.93. The molecule has 4 rings (SSSR count). The van der Waals surface area contributed by atoms with Gasteiger partial charge in [-0.3, -0.25) is 0 Å². The summed E-state index contributed by atoms with van der Waals surface area (Å²) in [6, 6.07) is 9.53. The van der Waals surface area contributed by atoms with Crippen LogP contribution in [0.25, 0.3) is 10.8 Å². The molecule has 0 unspecified atom stereocenters. The van der Waals surface area contributed by atoms with Crippen LogP contribution in [0.3, 0.4) is 0 Å². The molecule has 2 aliphatic heterocycles. The number of aliphatic hydroxyl groups excluding tert-OH is 4. The number of hydrogen-bond acceptors (Lipinski definition) is 7. The highest BCUT2D eigenvalue weighted by Crippen LogP contribution is 2.43. The maximum absolute atomic E-state index is 10.3. The molecule has 2 aromatic carbocycles. The van der Waals surface area contributed by atoms with E-state index in [4.69, 9.17) is 21.1 Å². The number of nitrogens with one attached hydrogen (secondary N) is 1. The summed E-state index contributed by atoms with van der Waals surface area (Å²) >= 11 is 6.11. The molecule has 0 saturated carbocycles. The van der Waals surface area contributed by atoms with Crippen LogP contribution in [0, 0.1) is 0 Å². The van der Waals surface area contributed by atoms with Crippen molar-refractivity contribution in [2.24, 2.45) is 0 Å². The molecule has 0 spiro atoms. The molecule has 2 aromatic rings. The highest BCUT2D eigenvalue weighted by atomic mass is 35.5. The Labute approximate surface area is 161 Å². The van der Waals surface area contributed by atoms with E-state index in [1.807, 2.05) is 30.3 Å². The first-order valence-electron chi connectivity index (χ1n) is 8.87. The van der Waals surface area contributed by atoms with Crippen molar-refractivity contribution in [2.45, 2.75) is 36.6 Å². The van der Waals surface area contributed by atoms with Crippen molar-refractivity contribution < 1.29 is 29.9 Å². The van der Waals surface area contributed by atoms with E-state index in [0.29, 0.717) is 11.6 Å². The van der Waals surface area contributed by atoms with Gasteiger partial charge in [-0.15, -0.1) is 11.6 Å². The van der Waals surface area contributed by atoms with Gasteiger partial charge >= 0.3 is 0 Å². The predicted molar refractivity (Wildman–Crippen MR) is 100 cm³/mol. The van der Waals surface area contributed by atoms with Crippen LogP contribution in [-0.4, -0.2) is 70.2 Å². The van der Waals surface area contributed by atoms with Crippen molar-refractivity contribution in [3.8, 4) is 5.75 Å². The summed E-state index contributed by atoms with van der Waals surface area (Å²) < 4.78 is 11.4. The van der Waals surface area contributed by atoms with Crippen LogP contribution in [-0.2, 0) is 4.74 Å². The lowest BCUT2D eigenvalue weighted by Gasteiger charge is -2.39. The molecule has 0 aliphatic carbocycles. The number of rotatable bonds is 4. The standard InChI is InChI=1S/C19H22ClNO6/c20-6-9-7-21-12-5-13(10-3-1-2-4-11(10)15(9)12)26-19-18(25)17(24)16(23)14(8-22)27-19/h1-5,9,14,16-19,21-25H,6-8H2/t9-,14-,16+,17+,18-,19-/m1/s1. The molecule has 5 N–H and O–H groups in total. The van der Waals surface area contributed by atoms with E-state index in [1.54, 1.807) is 0 Å². The van der Waals surface area contributed by atoms with E-state index in [1.165, 1.54) is 0 Å². The number of halogens is 1. The van der Waals surface area contributed by atoms with E-state index >= 15 is 0 Å². The van der Waals surface area contributed by atoms with Gasteiger partial charge in [0, 0.05) is 35.5 Å². The van der Waals surface area contributed by atoms with E-state index in [-0.39, 0.29) is 5.92 Å². The van der Waals surface area contributed by atoms with Crippen LogP contribution in [0.4, 0.5) is 5.69 Å². The van der Waals surface area contributed by atoms with Crippen LogP contribution in [0.5, 0.6) is 5.75 Å². The zero-order valence-corrected chi connectivity index (χ0v) is 15.2. The first-order chi connectivity index (χ1) is 13.0. The average molecular weight is 396 g/mol. The van der Waals surface area contributed by atoms with E-state index in [0.717, 1.165) is 28.6 Å². The minimum atomic E-state index is -1.49. The first-order valence-corrected chi connectivity index (χ1v) is 9.41. The van der Waals surface area contributed by atoms with E-state index in [9.17, 15) is 20.4 Å². The van der Waals surface area contributed by atoms with Gasteiger partial charge in [-0.2, -0.15) is 0 Å². The lowest BCUT2D eigenvalue weighted by atomic mass is 9.95. The van der Waals surface area contributed by atoms with Gasteiger partial charge in [0.25, 0.3) is 0 Å². The normalized spacial score (nSPS) is 32.9. The van der Waals surface area contributed by atoms with Crippen LogP contribution < -0.4 is 10.1 Å². The zero-order valence-electron chi connectivity index (χ0n) is 14.5. The topological polar surface area (TPSA) is 111 Å². The molecule has 1 fully saturated rings. The first kappa shape index (κ1) is 18.7. The largest absolute Gasteiger partial charge is 0.461 e. The van der Waals surface area contributed by atoms with Gasteiger partial charge in [0.05, 0.1) is 6.61 Å². The van der Waals surface area contributed by atoms with Gasteiger partial charge < -0.3 is 35.2 Å². The Balaban J connectivity index is 1.72. The lowest BCUT2D eigenvalue weighted by Crippen LogP contribution is -2.60. The fraction of sp³-hybridized carbons (Fsp3) is 0.474. The minimum absolute atomic E-state index is 0.188. The molecule has 0 amide bonds. The van der Waals surface area contributed by atoms with Crippen molar-refractivity contribution in [3.05, 3.63) is 35.9 Å². The molecule has 2 aliphatic rings. The molecular weight excluding hydrogens is 374 g/mol. The van der Waals surface area contributed by atoms with Gasteiger partial charge in [-0.05, 0) is 10.9 Å². The summed E-state index contributed by atoms with van der Waals surface area (Å²) in [6.07, 6.45) is -6.62. The SMILES string of the molecule is OC[C@H]1O[C@@H](Oc2cc3c(c4ccccc24)[C@H](CCl)CN3)[C@H](O)[C@@H](O)[C@H]1O. The molecule has 2 heterocycles. The molecule has 6 atom stereocenters. The Bertz CT molecular complexity index is 831. The third-order valence-corrected chi connectivity index (χ3v) is 5.65. The smallest absolute Gasteiger partial charge is 0.229 e. The van der Waals surface area contributed by atoms with E-state index in [2.05, 4.69) is 5.32 Å². The number of hydrogen-bond donors (Lipinski definition) is 5. The summed E-state index contributed by atoms with van der Waals surface area (Å²) in [5, 5.41) is 44.6. The molecule has 1 saturated heterocycles. The van der Waals surface area contributed by atoms with Crippen LogP contribution in [0.1, 0.15) is 11.5 Å². The Morgan fingerprint density at radius 2 is 1.85 bits per heavy atom. The Kier molecular flexibility index (Phi) is 5.15. The third kappa shape index (κ3) is 3.14. The van der Waals surface area contributed by atoms with Gasteiger partial charge in [0.2, 0.25) is 6.29 Å². The molecule has 146 valence electrons. The summed E-state index contributed by atoms with van der Waals surface area (Å²) in [4.78, 5) is 0. The van der Waals surface area contributed by atoms with Crippen molar-refractivity contribution in [1.29, 1.82) is 0 Å². The maximum Gasteiger partial charge on any atom is 0.229 e. The average Bonchev–Trinajstić information content (AvgIpc) is 3.11. The quantitative estimate of drug-likeness (QED) is 0.486. The van der Waals surface area contributed by atoms with Crippen LogP contribution in [0.15, 0.2) is 30.3 Å². The van der Waals surface area contributed by atoms with Gasteiger partial charge in [0.15, 0.2) is 0 Å². The zero-order chi connectivity index (χ0) is 19.1. The Morgan fingerprint density at radius 1 is 1.11 bits per heavy atom. The monoisotopic (exact) mass is 395 g/mol. The van der Waals surface area contributed by atoms with Crippen molar-refractivity contribution >= 4 is 28.1 Å². The summed E-state index contributed by atoms with van der Waals surface area (Å²) in [5.41, 5.74) is 2.03. The van der Waals surface area contributed by atoms with Crippen LogP contribution >= 0.6 is 11.6 Å². The Morgan fingerprint density at radius 3 is 2.56 bits per heavy atom. The lowest BCUT2D eigenvalue weighted by molar-refractivity contribution is -0.277. The Hall–Kier alpha value is -1.61. The molecule has 0 aromatic heterocycles. The third-order valence-electron chi connectivity index (χ3n) is 5.27. The molecule has 0 radical (unpaired) electrons. The number of anilines is 1. The van der Waals surface area contributed by atoms with Crippen molar-refractivity contribution in [1.82, 2.24) is 0 Å². The number of ether oxygens (including phenoxy) is 2. The molecular formula is C19H22ClNO6. The number of alkyl halides is 1. The summed E-state index contributed by atoms with van der Waals surface area (Å²) in [5.74, 6) is 1.15. The molecule has 27 heavy (non-hydrogen) atoms. The number of aliphatic hydroxyl groups is 4. The van der Waals surface area contributed by atoms with Gasteiger partial charge in [-0.25, -0.2) is 0 Å². The fourth-order valence-corrected chi connectivity index (χ4v) is 4.07. The second kappa shape index (κ2) is 7.43. The molecule has 7 nitrogen and oxygen atoms in total. The summed E-state index contributed by atoms with van der Waals surface area (Å²) in [7, 11) is 0. The maximum atomic E-state index is 10.3. The minimum Gasteiger partial charge on any atom is -0.461 e. The fourth-order valence-electron chi connectivity index (χ4n) is 3.80. The van der Waals surface area contributed by atoms with Gasteiger partial charge in [-0.1, -0.05) is 24.3 Å². The van der Waals surface area contributed by atoms with Crippen molar-refractivity contribution in [2.75, 3.05) is 24.3 Å².